The number of hydrogen-bond donors (Lipinski definition) is 18. The Balaban J connectivity index is 0.000000137. The molecule has 4 saturated heterocycles. The molecule has 7 aliphatic heterocycles. The fraction of sp³-hybridized carbons (Fsp3) is 0.451. The number of benzene rings is 8. The van der Waals surface area contributed by atoms with Crippen molar-refractivity contribution in [1.82, 2.24) is 0 Å². The number of ether oxygens (including phenoxy) is 7. The van der Waals surface area contributed by atoms with Gasteiger partial charge in [0.05, 0.1) is 33.5 Å². The molecule has 18 N–H and O–H groups in total. The zero-order valence-corrected chi connectivity index (χ0v) is 68.5. The van der Waals surface area contributed by atoms with E-state index in [9.17, 15) is 81.7 Å². The molecule has 638 valence electrons. The number of anilines is 2. The van der Waals surface area contributed by atoms with Crippen LogP contribution in [0.5, 0.6) is 17.2 Å². The van der Waals surface area contributed by atoms with Crippen molar-refractivity contribution < 1.29 is 115 Å². The molecule has 0 bridgehead atoms. The summed E-state index contributed by atoms with van der Waals surface area (Å²) in [6.07, 6.45) is -9.60. The van der Waals surface area contributed by atoms with Gasteiger partial charge in [0.25, 0.3) is 0 Å². The summed E-state index contributed by atoms with van der Waals surface area (Å²) < 4.78 is 39.5. The molecule has 0 unspecified atom stereocenters. The SMILES string of the molecule is C#Cc1ccc([C@@H]2O[C@H](CO)[C@@H](O)[C@H](O)[C@H]2O)cc1Cc1ccc2c(c1)OCCO2.CCc1ccc([C@@H]2O[C@H](CO)[C@@H](O)[C@H](O)[C@H]2O)cc1Cc1ccc2c(c1)CCCC2.COc1ccc([C@@H]2O[C@H](CO)[C@@H](O)[C@H](O)[C@H]2O)cc1Cc1ccc2c(c1)NCCS2.OC[C@H]1O[C@@H](c2ccc(Cl)c(Cc3ccc4c(c3)NCCS4)c2)[C@H](O)[C@@H](O)[C@@H]1O. The first kappa shape index (κ1) is 89.3. The highest BCUT2D eigenvalue weighted by Gasteiger charge is 2.48. The van der Waals surface area contributed by atoms with E-state index in [0.717, 1.165) is 94.2 Å². The highest BCUT2D eigenvalue weighted by molar-refractivity contribution is 7.99. The lowest BCUT2D eigenvalue weighted by Gasteiger charge is -2.40. The van der Waals surface area contributed by atoms with Crippen LogP contribution in [-0.4, -0.2) is 251 Å². The molecule has 0 saturated carbocycles. The molecule has 28 heteroatoms. The number of aliphatic hydroxyl groups excluding tert-OH is 16. The smallest absolute Gasteiger partial charge is 0.161 e. The largest absolute Gasteiger partial charge is 0.496 e. The molecule has 4 fully saturated rings. The van der Waals surface area contributed by atoms with Crippen molar-refractivity contribution in [3.05, 3.63) is 240 Å². The number of aryl methyl sites for hydroxylation is 3. The standard InChI is InChI=1S/C25H32O5.C23H24O7.C22H27NO6S.C21H24ClNO5S/c1-2-16-9-10-19(25-24(29)23(28)22(27)21(14-26)30-25)13-20(16)12-15-7-8-17-5-3-4-6-18(17)11-15;1-2-14-4-5-15(23-22(27)21(26)20(25)19(12-24)30-23)11-16(14)9-13-3-6-17-18(10-13)29-8-7-28-17;1-28-16-4-3-13(22-21(27)20(26)19(25)17(11-24)29-22)10-14(16)8-12-2-5-18-15(9-12)23-6-7-30-18;22-14-3-2-12(21-20(27)19(26)18(25)16(10-24)28-21)9-13(14)7-11-1-4-17-15(8-11)23-5-6-29-17/h7-11,13,21-29H,2-6,12,14H2,1H3;1,3-6,10-11,19-27H,7-9,12H2;2-5,9-10,17,19-27H,6-8,11H2,1H3;1-4,8-9,16,18-21,23-27H,5-7,10H2/t21-,22-,23+,24-,25+;19-,20-,21+,22-,23+;17-,19-,20+,21-,22+;16-,18-,19+,20-,21+/m1111/s1. The summed E-state index contributed by atoms with van der Waals surface area (Å²) in [4.78, 5) is 2.48. The van der Waals surface area contributed by atoms with Gasteiger partial charge in [-0.25, -0.2) is 0 Å². The van der Waals surface area contributed by atoms with Gasteiger partial charge in [0, 0.05) is 62.8 Å². The monoisotopic (exact) mass is 1690 g/mol. The highest BCUT2D eigenvalue weighted by atomic mass is 35.5. The first-order chi connectivity index (χ1) is 57.5. The van der Waals surface area contributed by atoms with E-state index >= 15 is 0 Å². The summed E-state index contributed by atoms with van der Waals surface area (Å²) in [7, 11) is 1.61. The molecule has 0 spiro atoms. The summed E-state index contributed by atoms with van der Waals surface area (Å²) in [5.74, 6) is 6.88. The maximum absolute atomic E-state index is 10.5. The molecule has 8 aromatic rings. The Hall–Kier alpha value is -7.49. The fourth-order valence-corrected chi connectivity index (χ4v) is 18.4. The molecule has 16 rings (SSSR count). The zero-order valence-electron chi connectivity index (χ0n) is 66.1. The minimum atomic E-state index is -1.44. The van der Waals surface area contributed by atoms with Crippen LogP contribution in [0.2, 0.25) is 5.02 Å². The molecular formula is C91H107ClN2O23S2. The van der Waals surface area contributed by atoms with Crippen molar-refractivity contribution >= 4 is 46.5 Å². The second-order valence-corrected chi connectivity index (χ2v) is 33.8. The van der Waals surface area contributed by atoms with Gasteiger partial charge in [-0.05, 0) is 195 Å². The third-order valence-corrected chi connectivity index (χ3v) is 25.7. The second kappa shape index (κ2) is 41.1. The van der Waals surface area contributed by atoms with Crippen molar-refractivity contribution in [2.75, 3.05) is 82.0 Å². The van der Waals surface area contributed by atoms with Gasteiger partial charge >= 0.3 is 0 Å². The molecule has 8 aromatic carbocycles. The van der Waals surface area contributed by atoms with Gasteiger partial charge in [0.1, 0.15) is 141 Å². The van der Waals surface area contributed by atoms with Gasteiger partial charge < -0.3 is 125 Å². The molecule has 0 amide bonds. The zero-order chi connectivity index (χ0) is 84.3. The maximum Gasteiger partial charge on any atom is 0.161 e. The van der Waals surface area contributed by atoms with Crippen molar-refractivity contribution in [2.24, 2.45) is 0 Å². The third kappa shape index (κ3) is 20.7. The first-order valence-corrected chi connectivity index (χ1v) is 42.7. The lowest BCUT2D eigenvalue weighted by Crippen LogP contribution is -2.55. The van der Waals surface area contributed by atoms with Crippen LogP contribution in [0.1, 0.15) is 133 Å². The van der Waals surface area contributed by atoms with Crippen molar-refractivity contribution in [3.63, 3.8) is 0 Å². The Bertz CT molecular complexity index is 4640. The van der Waals surface area contributed by atoms with Gasteiger partial charge in [-0.2, -0.15) is 0 Å². The van der Waals surface area contributed by atoms with Crippen LogP contribution < -0.4 is 24.8 Å². The van der Waals surface area contributed by atoms with Crippen molar-refractivity contribution in [1.29, 1.82) is 0 Å². The first-order valence-electron chi connectivity index (χ1n) is 40.4. The van der Waals surface area contributed by atoms with Gasteiger partial charge in [0.2, 0.25) is 0 Å². The Kier molecular flexibility index (Phi) is 30.9. The van der Waals surface area contributed by atoms with Crippen molar-refractivity contribution in [2.45, 2.75) is 197 Å². The maximum atomic E-state index is 10.5. The molecule has 0 radical (unpaired) electrons. The number of hydrogen-bond acceptors (Lipinski definition) is 27. The fourth-order valence-electron chi connectivity index (χ4n) is 16.5. The number of methoxy groups -OCH3 is 1. The van der Waals surface area contributed by atoms with E-state index in [1.165, 1.54) is 56.9 Å². The number of thioether (sulfide) groups is 2. The Morgan fingerprint density at radius 1 is 0.412 bits per heavy atom. The molecule has 7 heterocycles. The van der Waals surface area contributed by atoms with Gasteiger partial charge in [-0.15, -0.1) is 29.9 Å². The Morgan fingerprint density at radius 3 is 1.31 bits per heavy atom. The third-order valence-electron chi connectivity index (χ3n) is 23.2. The van der Waals surface area contributed by atoms with E-state index in [1.54, 1.807) is 43.5 Å². The average molecular weight is 1700 g/mol. The second-order valence-electron chi connectivity index (χ2n) is 31.1. The number of halogens is 1. The van der Waals surface area contributed by atoms with E-state index in [4.69, 9.17) is 51.2 Å². The molecular weight excluding hydrogens is 1590 g/mol. The summed E-state index contributed by atoms with van der Waals surface area (Å²) in [6, 6.07) is 47.2. The van der Waals surface area contributed by atoms with Crippen LogP contribution in [0.3, 0.4) is 0 Å². The van der Waals surface area contributed by atoms with Gasteiger partial charge in [-0.1, -0.05) is 109 Å². The van der Waals surface area contributed by atoms with E-state index in [-0.39, 0.29) is 0 Å². The Labute approximate surface area is 705 Å². The minimum Gasteiger partial charge on any atom is -0.496 e. The number of terminal acetylenes is 1. The van der Waals surface area contributed by atoms with Crippen LogP contribution >= 0.6 is 35.1 Å². The molecule has 0 aromatic heterocycles. The van der Waals surface area contributed by atoms with Crippen LogP contribution in [0.4, 0.5) is 11.4 Å². The molecule has 25 nitrogen and oxygen atoms in total. The minimum absolute atomic E-state index is 0.420. The molecule has 119 heavy (non-hydrogen) atoms. The molecule has 1 aliphatic carbocycles. The Morgan fingerprint density at radius 2 is 0.815 bits per heavy atom. The van der Waals surface area contributed by atoms with E-state index in [2.05, 4.69) is 78.1 Å². The summed E-state index contributed by atoms with van der Waals surface area (Å²) in [6.45, 7) is 3.22. The van der Waals surface area contributed by atoms with E-state index in [0.29, 0.717) is 77.0 Å². The van der Waals surface area contributed by atoms with Gasteiger partial charge in [-0.3, -0.25) is 0 Å². The summed E-state index contributed by atoms with van der Waals surface area (Å²) in [5, 5.41) is 168. The average Bonchev–Trinajstić information content (AvgIpc) is 0.795. The quantitative estimate of drug-likeness (QED) is 0.0434. The van der Waals surface area contributed by atoms with Crippen LogP contribution in [-0.2, 0) is 63.9 Å². The normalized spacial score (nSPS) is 28.7. The number of fused-ring (bicyclic) bond motifs is 4. The lowest BCUT2D eigenvalue weighted by molar-refractivity contribution is -0.231. The number of nitrogens with one attached hydrogen (secondary N) is 2. The van der Waals surface area contributed by atoms with Crippen LogP contribution in [0.25, 0.3) is 0 Å². The number of rotatable bonds is 18. The molecule has 20 atom stereocenters. The highest BCUT2D eigenvalue weighted by Crippen LogP contribution is 2.42. The van der Waals surface area contributed by atoms with Gasteiger partial charge in [0.15, 0.2) is 11.5 Å². The van der Waals surface area contributed by atoms with Crippen molar-refractivity contribution in [3.8, 4) is 29.6 Å². The van der Waals surface area contributed by atoms with Crippen LogP contribution in [0, 0.1) is 12.3 Å². The summed E-state index contributed by atoms with van der Waals surface area (Å²) >= 11 is 10.1. The van der Waals surface area contributed by atoms with E-state index < -0.39 is 149 Å². The van der Waals surface area contributed by atoms with Crippen LogP contribution in [0.15, 0.2) is 155 Å². The van der Waals surface area contributed by atoms with E-state index in [1.807, 2.05) is 78.1 Å². The predicted octanol–water partition coefficient (Wildman–Crippen LogP) is 6.06. The number of aliphatic hydroxyl groups is 16. The topological polar surface area (TPSA) is 412 Å². The predicted molar refractivity (Wildman–Crippen MR) is 449 cm³/mol. The lowest BCUT2D eigenvalue weighted by atomic mass is 9.87. The molecule has 8 aliphatic rings. The summed E-state index contributed by atoms with van der Waals surface area (Å²) in [5.41, 5.74) is 18.0.